The predicted molar refractivity (Wildman–Crippen MR) is 108 cm³/mol. The highest BCUT2D eigenvalue weighted by molar-refractivity contribution is 9.10. The number of nitrogens with zero attached hydrogens (tertiary/aromatic N) is 2. The zero-order chi connectivity index (χ0) is 19.2. The largest absolute Gasteiger partial charge is 0.346 e. The Kier molecular flexibility index (Phi) is 6.63. The van der Waals surface area contributed by atoms with Crippen molar-refractivity contribution in [3.05, 3.63) is 69.4 Å². The van der Waals surface area contributed by atoms with Gasteiger partial charge in [0.05, 0.1) is 6.04 Å². The number of carbonyl (C=O) groups excluding carboxylic acids is 1. The Morgan fingerprint density at radius 1 is 1.26 bits per heavy atom. The van der Waals surface area contributed by atoms with Gasteiger partial charge < -0.3 is 9.84 Å². The lowest BCUT2D eigenvalue weighted by atomic mass is 10.1. The molecule has 0 radical (unpaired) electrons. The van der Waals surface area contributed by atoms with Crippen LogP contribution in [0.5, 0.6) is 0 Å². The predicted octanol–water partition coefficient (Wildman–Crippen LogP) is 5.35. The van der Waals surface area contributed by atoms with Crippen molar-refractivity contribution in [2.75, 3.05) is 0 Å². The molecule has 0 aliphatic rings. The van der Waals surface area contributed by atoms with E-state index in [4.69, 9.17) is 16.1 Å². The second-order valence-electron chi connectivity index (χ2n) is 6.12. The monoisotopic (exact) mass is 447 g/mol. The number of rotatable bonds is 7. The van der Waals surface area contributed by atoms with E-state index in [1.807, 2.05) is 55.5 Å². The van der Waals surface area contributed by atoms with Crippen molar-refractivity contribution >= 4 is 33.4 Å². The fourth-order valence-electron chi connectivity index (χ4n) is 2.64. The third kappa shape index (κ3) is 5.40. The molecule has 0 fully saturated rings. The highest BCUT2D eigenvalue weighted by Crippen LogP contribution is 2.23. The molecule has 1 aromatic heterocycles. The van der Waals surface area contributed by atoms with Gasteiger partial charge in [-0.1, -0.05) is 57.8 Å². The molecule has 0 bridgehead atoms. The minimum Gasteiger partial charge on any atom is -0.346 e. The van der Waals surface area contributed by atoms with Crippen LogP contribution < -0.4 is 5.32 Å². The Hall–Kier alpha value is -2.18. The normalized spacial score (nSPS) is 12.0. The lowest BCUT2D eigenvalue weighted by molar-refractivity contribution is -0.121. The molecule has 2 aromatic carbocycles. The molecule has 0 saturated carbocycles. The number of amides is 1. The number of nitrogens with one attached hydrogen (secondary N) is 1. The van der Waals surface area contributed by atoms with Crippen molar-refractivity contribution < 1.29 is 9.32 Å². The summed E-state index contributed by atoms with van der Waals surface area (Å²) >= 11 is 9.31. The molecular formula is C20H19BrClN3O2. The van der Waals surface area contributed by atoms with Gasteiger partial charge in [0.15, 0.2) is 5.82 Å². The lowest BCUT2D eigenvalue weighted by Crippen LogP contribution is -2.29. The summed E-state index contributed by atoms with van der Waals surface area (Å²) in [6, 6.07) is 14.9. The molecule has 3 aromatic rings. The van der Waals surface area contributed by atoms with Crippen molar-refractivity contribution in [1.82, 2.24) is 15.5 Å². The van der Waals surface area contributed by atoms with E-state index in [0.29, 0.717) is 36.0 Å². The van der Waals surface area contributed by atoms with Gasteiger partial charge in [0, 0.05) is 21.5 Å². The van der Waals surface area contributed by atoms with Gasteiger partial charge in [-0.25, -0.2) is 0 Å². The first-order valence-electron chi connectivity index (χ1n) is 8.68. The van der Waals surface area contributed by atoms with Crippen molar-refractivity contribution in [2.45, 2.75) is 32.2 Å². The summed E-state index contributed by atoms with van der Waals surface area (Å²) in [7, 11) is 0. The van der Waals surface area contributed by atoms with Crippen LogP contribution in [0.2, 0.25) is 5.02 Å². The summed E-state index contributed by atoms with van der Waals surface area (Å²) in [5.41, 5.74) is 1.89. The molecular weight excluding hydrogens is 430 g/mol. The Balaban J connectivity index is 1.61. The van der Waals surface area contributed by atoms with Crippen LogP contribution in [0.15, 0.2) is 57.5 Å². The van der Waals surface area contributed by atoms with E-state index in [-0.39, 0.29) is 11.9 Å². The molecule has 1 heterocycles. The molecule has 1 atom stereocenters. The van der Waals surface area contributed by atoms with Crippen LogP contribution >= 0.6 is 27.5 Å². The molecule has 0 spiro atoms. The second-order valence-corrected chi connectivity index (χ2v) is 7.48. The minimum atomic E-state index is -0.285. The van der Waals surface area contributed by atoms with Gasteiger partial charge in [-0.05, 0) is 48.7 Å². The number of carbonyl (C=O) groups is 1. The highest BCUT2D eigenvalue weighted by Gasteiger charge is 2.19. The van der Waals surface area contributed by atoms with Crippen molar-refractivity contribution in [3.63, 3.8) is 0 Å². The van der Waals surface area contributed by atoms with E-state index >= 15 is 0 Å². The van der Waals surface area contributed by atoms with Crippen molar-refractivity contribution in [3.8, 4) is 11.5 Å². The Labute approximate surface area is 171 Å². The quantitative estimate of drug-likeness (QED) is 0.529. The first kappa shape index (κ1) is 19.6. The Morgan fingerprint density at radius 3 is 2.74 bits per heavy atom. The highest BCUT2D eigenvalue weighted by atomic mass is 79.9. The average molecular weight is 449 g/mol. The zero-order valence-corrected chi connectivity index (χ0v) is 17.1. The topological polar surface area (TPSA) is 68.0 Å². The summed E-state index contributed by atoms with van der Waals surface area (Å²) in [6.07, 6.45) is 1.70. The van der Waals surface area contributed by atoms with E-state index in [1.165, 1.54) is 0 Å². The molecule has 0 saturated heterocycles. The second kappa shape index (κ2) is 9.15. The number of aryl methyl sites for hydroxylation is 1. The first-order chi connectivity index (χ1) is 13.0. The van der Waals surface area contributed by atoms with Crippen LogP contribution in [0.4, 0.5) is 0 Å². The summed E-state index contributed by atoms with van der Waals surface area (Å²) < 4.78 is 6.30. The third-order valence-electron chi connectivity index (χ3n) is 4.12. The minimum absolute atomic E-state index is 0.0504. The summed E-state index contributed by atoms with van der Waals surface area (Å²) in [4.78, 5) is 16.8. The Bertz CT molecular complexity index is 912. The van der Waals surface area contributed by atoms with Crippen LogP contribution in [-0.4, -0.2) is 16.0 Å². The van der Waals surface area contributed by atoms with Gasteiger partial charge in [0.1, 0.15) is 0 Å². The van der Waals surface area contributed by atoms with Crippen molar-refractivity contribution in [1.29, 1.82) is 0 Å². The number of benzene rings is 2. The maximum absolute atomic E-state index is 12.3. The van der Waals surface area contributed by atoms with Crippen molar-refractivity contribution in [2.24, 2.45) is 0 Å². The van der Waals surface area contributed by atoms with Gasteiger partial charge in [-0.2, -0.15) is 4.98 Å². The molecule has 1 amide bonds. The molecule has 27 heavy (non-hydrogen) atoms. The van der Waals surface area contributed by atoms with Crippen LogP contribution in [-0.2, 0) is 11.2 Å². The molecule has 0 unspecified atom stereocenters. The molecule has 0 aliphatic heterocycles. The van der Waals surface area contributed by atoms with Crippen LogP contribution in [0.25, 0.3) is 11.5 Å². The van der Waals surface area contributed by atoms with E-state index < -0.39 is 0 Å². The molecule has 7 heteroatoms. The van der Waals surface area contributed by atoms with Crippen LogP contribution in [0, 0.1) is 0 Å². The summed E-state index contributed by atoms with van der Waals surface area (Å²) in [5, 5.41) is 7.71. The molecule has 0 aliphatic carbocycles. The molecule has 1 N–H and O–H groups in total. The van der Waals surface area contributed by atoms with E-state index in [1.54, 1.807) is 0 Å². The van der Waals surface area contributed by atoms with Crippen LogP contribution in [0.3, 0.4) is 0 Å². The number of hydrogen-bond donors (Lipinski definition) is 1. The van der Waals surface area contributed by atoms with E-state index in [0.717, 1.165) is 15.6 Å². The fourth-order valence-corrected chi connectivity index (χ4v) is 3.17. The molecule has 140 valence electrons. The third-order valence-corrected chi connectivity index (χ3v) is 4.87. The maximum Gasteiger partial charge on any atom is 0.258 e. The molecule has 3 rings (SSSR count). The summed E-state index contributed by atoms with van der Waals surface area (Å²) in [5.74, 6) is 0.859. The average Bonchev–Trinajstić information content (AvgIpc) is 3.16. The number of hydrogen-bond acceptors (Lipinski definition) is 4. The Morgan fingerprint density at radius 2 is 2.04 bits per heavy atom. The molecule has 5 nitrogen and oxygen atoms in total. The maximum atomic E-state index is 12.3. The number of halogens is 2. The zero-order valence-electron chi connectivity index (χ0n) is 14.8. The van der Waals surface area contributed by atoms with Gasteiger partial charge in [0.25, 0.3) is 5.89 Å². The first-order valence-corrected chi connectivity index (χ1v) is 9.85. The smallest absolute Gasteiger partial charge is 0.258 e. The van der Waals surface area contributed by atoms with E-state index in [2.05, 4.69) is 31.4 Å². The SMILES string of the molecule is CC[C@@H](NC(=O)CCc1ccc(Cl)cc1)c1noc(-c2cccc(Br)c2)n1. The standard InChI is InChI=1S/C20H19BrClN3O2/c1-2-17(23-18(26)11-8-13-6-9-16(22)10-7-13)19-24-20(27-25-19)14-4-3-5-15(21)12-14/h3-7,9-10,12,17H,2,8,11H2,1H3,(H,23,26)/t17-/m1/s1. The summed E-state index contributed by atoms with van der Waals surface area (Å²) in [6.45, 7) is 1.97. The van der Waals surface area contributed by atoms with E-state index in [9.17, 15) is 4.79 Å². The van der Waals surface area contributed by atoms with Gasteiger partial charge in [-0.3, -0.25) is 4.79 Å². The fraction of sp³-hybridized carbons (Fsp3) is 0.250. The lowest BCUT2D eigenvalue weighted by Gasteiger charge is -2.13. The van der Waals surface area contributed by atoms with Gasteiger partial charge >= 0.3 is 0 Å². The van der Waals surface area contributed by atoms with Gasteiger partial charge in [-0.15, -0.1) is 0 Å². The number of aromatic nitrogens is 2. The van der Waals surface area contributed by atoms with Crippen LogP contribution in [0.1, 0.15) is 37.2 Å². The van der Waals surface area contributed by atoms with Gasteiger partial charge in [0.2, 0.25) is 5.91 Å².